The highest BCUT2D eigenvalue weighted by atomic mass is 16.7. The van der Waals surface area contributed by atoms with E-state index in [4.69, 9.17) is 14.2 Å². The molecule has 1 N–H and O–H groups in total. The maximum absolute atomic E-state index is 13.6. The highest BCUT2D eigenvalue weighted by Gasteiger charge is 2.46. The van der Waals surface area contributed by atoms with Gasteiger partial charge in [-0.3, -0.25) is 14.9 Å². The lowest BCUT2D eigenvalue weighted by Gasteiger charge is -2.39. The van der Waals surface area contributed by atoms with Gasteiger partial charge in [0.15, 0.2) is 17.3 Å². The smallest absolute Gasteiger partial charge is 0.337 e. The molecule has 4 aliphatic rings. The van der Waals surface area contributed by atoms with Crippen molar-refractivity contribution < 1.29 is 28.7 Å². The molecule has 9 nitrogen and oxygen atoms in total. The Balaban J connectivity index is 1.66. The van der Waals surface area contributed by atoms with Gasteiger partial charge in [0.2, 0.25) is 6.79 Å². The number of benzene rings is 1. The molecule has 2 aliphatic heterocycles. The number of dihydropyridines is 1. The van der Waals surface area contributed by atoms with Gasteiger partial charge in [0.25, 0.3) is 5.69 Å². The zero-order valence-corrected chi connectivity index (χ0v) is 20.3. The first-order chi connectivity index (χ1) is 16.6. The second kappa shape index (κ2) is 8.70. The van der Waals surface area contributed by atoms with E-state index in [1.54, 1.807) is 6.92 Å². The second-order valence-electron chi connectivity index (χ2n) is 10.6. The third-order valence-electron chi connectivity index (χ3n) is 7.32. The van der Waals surface area contributed by atoms with Crippen LogP contribution in [0.1, 0.15) is 77.2 Å². The van der Waals surface area contributed by atoms with Crippen LogP contribution in [0, 0.1) is 15.5 Å². The number of carbonyl (C=O) groups excluding carboxylic acids is 2. The zero-order valence-electron chi connectivity index (χ0n) is 20.3. The topological polar surface area (TPSA) is 117 Å². The van der Waals surface area contributed by atoms with Crippen molar-refractivity contribution in [1.82, 2.24) is 5.32 Å². The van der Waals surface area contributed by atoms with Gasteiger partial charge >= 0.3 is 5.97 Å². The number of ether oxygens (including phenoxy) is 3. The van der Waals surface area contributed by atoms with Gasteiger partial charge in [0.05, 0.1) is 22.5 Å². The highest BCUT2D eigenvalue weighted by molar-refractivity contribution is 6.04. The van der Waals surface area contributed by atoms with Crippen LogP contribution in [0.25, 0.3) is 0 Å². The Hall–Kier alpha value is -3.36. The van der Waals surface area contributed by atoms with Crippen LogP contribution in [0.15, 0.2) is 34.7 Å². The quantitative estimate of drug-likeness (QED) is 0.369. The summed E-state index contributed by atoms with van der Waals surface area (Å²) in [5, 5.41) is 15.4. The monoisotopic (exact) mass is 482 g/mol. The van der Waals surface area contributed by atoms with Crippen LogP contribution in [-0.2, 0) is 14.3 Å². The molecule has 0 spiro atoms. The van der Waals surface area contributed by atoms with Gasteiger partial charge in [-0.2, -0.15) is 0 Å². The summed E-state index contributed by atoms with van der Waals surface area (Å²) in [6.45, 7) is 5.74. The number of rotatable bonds is 4. The number of ketones is 1. The lowest BCUT2D eigenvalue weighted by Crippen LogP contribution is -2.39. The van der Waals surface area contributed by atoms with Crippen LogP contribution in [0.5, 0.6) is 11.5 Å². The largest absolute Gasteiger partial charge is 0.459 e. The van der Waals surface area contributed by atoms with E-state index in [9.17, 15) is 19.7 Å². The van der Waals surface area contributed by atoms with Gasteiger partial charge in [0.1, 0.15) is 6.10 Å². The average molecular weight is 483 g/mol. The Kier molecular flexibility index (Phi) is 5.81. The Bertz CT molecular complexity index is 1170. The Morgan fingerprint density at radius 3 is 2.51 bits per heavy atom. The van der Waals surface area contributed by atoms with Crippen LogP contribution in [-0.4, -0.2) is 29.6 Å². The molecule has 0 bridgehead atoms. The third-order valence-corrected chi connectivity index (χ3v) is 7.32. The average Bonchev–Trinajstić information content (AvgIpc) is 3.24. The van der Waals surface area contributed by atoms with E-state index in [2.05, 4.69) is 5.32 Å². The normalized spacial score (nSPS) is 23.6. The molecule has 1 atom stereocenters. The first kappa shape index (κ1) is 23.4. The van der Waals surface area contributed by atoms with Crippen LogP contribution < -0.4 is 14.8 Å². The Labute approximate surface area is 203 Å². The summed E-state index contributed by atoms with van der Waals surface area (Å²) < 4.78 is 16.8. The van der Waals surface area contributed by atoms with Crippen molar-refractivity contribution in [2.75, 3.05) is 6.79 Å². The first-order valence-corrected chi connectivity index (χ1v) is 12.2. The van der Waals surface area contributed by atoms with E-state index in [0.29, 0.717) is 29.1 Å². The van der Waals surface area contributed by atoms with Gasteiger partial charge in [-0.1, -0.05) is 20.3 Å². The molecule has 9 heteroatoms. The third kappa shape index (κ3) is 4.28. The van der Waals surface area contributed by atoms with E-state index in [1.807, 2.05) is 13.8 Å². The van der Waals surface area contributed by atoms with Crippen molar-refractivity contribution in [2.45, 2.75) is 77.7 Å². The van der Waals surface area contributed by atoms with Gasteiger partial charge in [-0.05, 0) is 50.5 Å². The summed E-state index contributed by atoms with van der Waals surface area (Å²) >= 11 is 0. The van der Waals surface area contributed by atoms with Crippen molar-refractivity contribution in [3.8, 4) is 11.5 Å². The fourth-order valence-corrected chi connectivity index (χ4v) is 5.75. The molecular formula is C26H30N2O7. The number of Topliss-reactive ketones (excluding diaryl/α,β-unsaturated/α-hetero) is 1. The minimum absolute atomic E-state index is 0.0469. The lowest BCUT2D eigenvalue weighted by atomic mass is 9.68. The fourth-order valence-electron chi connectivity index (χ4n) is 5.75. The molecule has 35 heavy (non-hydrogen) atoms. The van der Waals surface area contributed by atoms with Gasteiger partial charge in [-0.15, -0.1) is 0 Å². The summed E-state index contributed by atoms with van der Waals surface area (Å²) in [5.41, 5.74) is 1.63. The molecule has 186 valence electrons. The number of nitro benzene ring substituents is 1. The predicted octanol–water partition coefficient (Wildman–Crippen LogP) is 4.80. The number of nitrogens with one attached hydrogen (secondary N) is 1. The number of esters is 1. The first-order valence-electron chi connectivity index (χ1n) is 12.2. The van der Waals surface area contributed by atoms with E-state index in [1.165, 1.54) is 12.1 Å². The number of hydrogen-bond donors (Lipinski definition) is 1. The Morgan fingerprint density at radius 1 is 1.14 bits per heavy atom. The molecule has 0 saturated heterocycles. The molecule has 1 unspecified atom stereocenters. The zero-order chi connectivity index (χ0) is 24.9. The minimum atomic E-state index is -0.930. The van der Waals surface area contributed by atoms with Crippen LogP contribution in [0.3, 0.4) is 0 Å². The van der Waals surface area contributed by atoms with Crippen molar-refractivity contribution in [3.05, 3.63) is 50.4 Å². The van der Waals surface area contributed by atoms with Crippen LogP contribution in [0.2, 0.25) is 0 Å². The molecule has 0 aromatic heterocycles. The number of allylic oxidation sites excluding steroid dienone is 3. The van der Waals surface area contributed by atoms with E-state index in [-0.39, 0.29) is 53.1 Å². The second-order valence-corrected chi connectivity index (χ2v) is 10.6. The summed E-state index contributed by atoms with van der Waals surface area (Å²) in [6, 6.07) is 2.85. The lowest BCUT2D eigenvalue weighted by molar-refractivity contribution is -0.385. The van der Waals surface area contributed by atoms with Gasteiger partial charge in [-0.25, -0.2) is 4.79 Å². The molecule has 2 heterocycles. The summed E-state index contributed by atoms with van der Waals surface area (Å²) in [6.07, 6.45) is 5.37. The molecule has 0 amide bonds. The summed E-state index contributed by atoms with van der Waals surface area (Å²) in [4.78, 5) is 38.8. The number of hydrogen-bond acceptors (Lipinski definition) is 8. The van der Waals surface area contributed by atoms with Crippen LogP contribution in [0.4, 0.5) is 5.69 Å². The molecule has 1 aromatic rings. The standard InChI is InChI=1S/C26H30N2O7/c1-14-22(25(30)35-15-7-5-4-6-8-15)23(24-17(27-14)11-26(2,3)12-19(24)29)16-9-20-21(34-13-33-20)10-18(16)28(31)32/h9-10,15,23,27H,4-8,11-13H2,1-3H3. The van der Waals surface area contributed by atoms with E-state index < -0.39 is 16.8 Å². The number of nitro groups is 1. The molecule has 1 fully saturated rings. The van der Waals surface area contributed by atoms with Crippen molar-refractivity contribution in [3.63, 3.8) is 0 Å². The predicted molar refractivity (Wildman–Crippen MR) is 126 cm³/mol. The minimum Gasteiger partial charge on any atom is -0.459 e. The van der Waals surface area contributed by atoms with E-state index in [0.717, 1.165) is 32.1 Å². The molecule has 5 rings (SSSR count). The summed E-state index contributed by atoms with van der Waals surface area (Å²) in [7, 11) is 0. The molecular weight excluding hydrogens is 452 g/mol. The van der Waals surface area contributed by atoms with Crippen molar-refractivity contribution >= 4 is 17.4 Å². The van der Waals surface area contributed by atoms with Gasteiger partial charge in [0, 0.05) is 29.0 Å². The van der Waals surface area contributed by atoms with Crippen molar-refractivity contribution in [1.29, 1.82) is 0 Å². The number of nitrogens with zero attached hydrogens (tertiary/aromatic N) is 1. The number of fused-ring (bicyclic) bond motifs is 1. The van der Waals surface area contributed by atoms with Crippen molar-refractivity contribution in [2.24, 2.45) is 5.41 Å². The fraction of sp³-hybridized carbons (Fsp3) is 0.538. The molecule has 1 aromatic carbocycles. The maximum Gasteiger partial charge on any atom is 0.337 e. The summed E-state index contributed by atoms with van der Waals surface area (Å²) in [5.74, 6) is -0.973. The van der Waals surface area contributed by atoms with Crippen LogP contribution >= 0.6 is 0 Å². The van der Waals surface area contributed by atoms with Gasteiger partial charge < -0.3 is 19.5 Å². The number of carbonyl (C=O) groups is 2. The highest BCUT2D eigenvalue weighted by Crippen LogP contribution is 2.51. The molecule has 2 aliphatic carbocycles. The molecule has 0 radical (unpaired) electrons. The SMILES string of the molecule is CC1=C(C(=O)OC2CCCCC2)C(c2cc3c(cc2[N+](=O)[O-])OCO3)C2=C(CC(C)(C)CC2=O)N1. The Morgan fingerprint density at radius 2 is 1.83 bits per heavy atom. The van der Waals surface area contributed by atoms with E-state index >= 15 is 0 Å². The molecule has 1 saturated carbocycles. The maximum atomic E-state index is 13.6.